The maximum atomic E-state index is 14.4. The molecule has 1 saturated heterocycles. The van der Waals surface area contributed by atoms with Crippen molar-refractivity contribution in [3.05, 3.63) is 93.5 Å². The summed E-state index contributed by atoms with van der Waals surface area (Å²) >= 11 is 7.13. The minimum atomic E-state index is -4.81. The zero-order chi connectivity index (χ0) is 38.8. The normalized spacial score (nSPS) is 16.9. The van der Waals surface area contributed by atoms with Crippen LogP contribution in [0.3, 0.4) is 0 Å². The van der Waals surface area contributed by atoms with Gasteiger partial charge in [-0.2, -0.15) is 18.2 Å². The third-order valence-corrected chi connectivity index (χ3v) is 10.3. The van der Waals surface area contributed by atoms with Crippen molar-refractivity contribution in [1.82, 2.24) is 20.9 Å². The second kappa shape index (κ2) is 15.9. The van der Waals surface area contributed by atoms with E-state index >= 15 is 0 Å². The highest BCUT2D eigenvalue weighted by Gasteiger charge is 2.39. The molecule has 2 aliphatic rings. The highest BCUT2D eigenvalue weighted by Crippen LogP contribution is 2.46. The lowest BCUT2D eigenvalue weighted by atomic mass is 9.93. The molecular formula is C40H42ClF3N4O6. The molecule has 1 amide bonds. The van der Waals surface area contributed by atoms with Gasteiger partial charge in [0.25, 0.3) is 0 Å². The van der Waals surface area contributed by atoms with Crippen LogP contribution < -0.4 is 30.2 Å². The van der Waals surface area contributed by atoms with Gasteiger partial charge >= 0.3 is 12.1 Å². The molecule has 3 aromatic carbocycles. The molecule has 0 unspecified atom stereocenters. The van der Waals surface area contributed by atoms with E-state index in [0.717, 1.165) is 51.4 Å². The molecule has 0 bridgehead atoms. The van der Waals surface area contributed by atoms with Gasteiger partial charge in [-0.3, -0.25) is 14.9 Å². The van der Waals surface area contributed by atoms with Gasteiger partial charge in [0.15, 0.2) is 0 Å². The third-order valence-electron chi connectivity index (χ3n) is 9.93. The number of amides is 1. The van der Waals surface area contributed by atoms with E-state index in [0.29, 0.717) is 43.1 Å². The number of carbonyl (C=O) groups is 2. The van der Waals surface area contributed by atoms with Crippen LogP contribution in [0.15, 0.2) is 60.7 Å². The molecule has 1 fully saturated rings. The smallest absolute Gasteiger partial charge is 0.421 e. The van der Waals surface area contributed by atoms with Crippen LogP contribution in [0, 0.1) is 0 Å². The maximum Gasteiger partial charge on any atom is 0.421 e. The molecule has 10 nitrogen and oxygen atoms in total. The number of rotatable bonds is 14. The molecule has 14 heteroatoms. The number of carboxylic acid groups (broad SMARTS) is 1. The van der Waals surface area contributed by atoms with Gasteiger partial charge in [-0.25, -0.2) is 0 Å². The summed E-state index contributed by atoms with van der Waals surface area (Å²) in [7, 11) is 2.89. The number of carboxylic acids is 1. The Hall–Kier alpha value is -4.85. The van der Waals surface area contributed by atoms with E-state index < -0.39 is 35.2 Å². The van der Waals surface area contributed by atoms with E-state index in [-0.39, 0.29) is 29.9 Å². The number of nitrogens with zero attached hydrogens (tertiary/aromatic N) is 1. The maximum absolute atomic E-state index is 14.4. The van der Waals surface area contributed by atoms with Crippen LogP contribution in [0.25, 0.3) is 22.3 Å². The van der Waals surface area contributed by atoms with E-state index in [1.807, 2.05) is 54.6 Å². The molecule has 0 saturated carbocycles. The number of hydrogen-bond acceptors (Lipinski definition) is 8. The monoisotopic (exact) mass is 766 g/mol. The number of nitrogens with one attached hydrogen (secondary N) is 3. The molecule has 0 spiro atoms. The fourth-order valence-electron chi connectivity index (χ4n) is 6.87. The molecular weight excluding hydrogens is 725 g/mol. The second-order valence-corrected chi connectivity index (χ2v) is 14.3. The van der Waals surface area contributed by atoms with Crippen molar-refractivity contribution in [2.45, 2.75) is 76.5 Å². The Morgan fingerprint density at radius 3 is 2.37 bits per heavy atom. The largest absolute Gasteiger partial charge is 0.496 e. The summed E-state index contributed by atoms with van der Waals surface area (Å²) in [6.07, 6.45) is -3.25. The fraction of sp³-hybridized carbons (Fsp3) is 0.375. The standard InChI is InChI=1S/C40H42ClF3N4O6/c1-39(2,38(50)51)46-20-24-17-31(40(42,43)44)37(48-36(24)53-4)54-32-15-14-28-27(8-6-9-29(28)32)30-10-5-7-26(35(30)41)22-11-12-23(33(18-22)52-3)19-45-21-25-13-16-34(49)47-25/h5-12,17-18,25,32,45-46H,13-16,19-21H2,1-4H3,(H,47,49)(H,50,51)/t25-,32-/m0/s1. The van der Waals surface area contributed by atoms with Crippen LogP contribution in [0.2, 0.25) is 5.02 Å². The molecule has 6 rings (SSSR count). The summed E-state index contributed by atoms with van der Waals surface area (Å²) < 4.78 is 60.4. The third kappa shape index (κ3) is 8.28. The molecule has 286 valence electrons. The highest BCUT2D eigenvalue weighted by molar-refractivity contribution is 6.36. The molecule has 0 radical (unpaired) electrons. The predicted molar refractivity (Wildman–Crippen MR) is 198 cm³/mol. The first kappa shape index (κ1) is 38.9. The van der Waals surface area contributed by atoms with Crippen molar-refractivity contribution in [2.24, 2.45) is 0 Å². The lowest BCUT2D eigenvalue weighted by Gasteiger charge is -2.23. The van der Waals surface area contributed by atoms with Crippen molar-refractivity contribution in [1.29, 1.82) is 0 Å². The number of benzene rings is 3. The topological polar surface area (TPSA) is 131 Å². The van der Waals surface area contributed by atoms with Gasteiger partial charge in [0.1, 0.15) is 23.0 Å². The van der Waals surface area contributed by atoms with Gasteiger partial charge in [-0.15, -0.1) is 0 Å². The number of aliphatic carboxylic acids is 1. The number of pyridine rings is 1. The summed E-state index contributed by atoms with van der Waals surface area (Å²) in [4.78, 5) is 27.2. The van der Waals surface area contributed by atoms with Crippen LogP contribution in [0.4, 0.5) is 13.2 Å². The SMILES string of the molecule is COc1cc(-c2cccc(-c3cccc4c3CC[C@@H]4Oc3nc(OC)c(CNC(C)(C)C(=O)O)cc3C(F)(F)F)c2Cl)ccc1CNC[C@@H]1CCC(=O)N1. The number of fused-ring (bicyclic) bond motifs is 1. The quantitative estimate of drug-likeness (QED) is 0.103. The molecule has 4 aromatic rings. The number of carbonyl (C=O) groups excluding carboxylic acids is 1. The van der Waals surface area contributed by atoms with Crippen LogP contribution >= 0.6 is 11.6 Å². The summed E-state index contributed by atoms with van der Waals surface area (Å²) in [5.41, 5.74) is 3.40. The van der Waals surface area contributed by atoms with Crippen molar-refractivity contribution in [3.63, 3.8) is 0 Å². The molecule has 1 aliphatic carbocycles. The van der Waals surface area contributed by atoms with Gasteiger partial charge in [0.05, 0.1) is 19.2 Å². The van der Waals surface area contributed by atoms with Crippen LogP contribution in [0.5, 0.6) is 17.5 Å². The Labute approximate surface area is 316 Å². The Kier molecular flexibility index (Phi) is 11.4. The Bertz CT molecular complexity index is 2060. The molecule has 4 N–H and O–H groups in total. The Morgan fingerprint density at radius 1 is 0.944 bits per heavy atom. The molecule has 2 heterocycles. The predicted octanol–water partition coefficient (Wildman–Crippen LogP) is 7.49. The number of halogens is 4. The van der Waals surface area contributed by atoms with Gasteiger partial charge < -0.3 is 30.0 Å². The van der Waals surface area contributed by atoms with Gasteiger partial charge in [0.2, 0.25) is 17.7 Å². The van der Waals surface area contributed by atoms with E-state index in [1.54, 1.807) is 7.11 Å². The summed E-state index contributed by atoms with van der Waals surface area (Å²) in [6.45, 7) is 3.80. The van der Waals surface area contributed by atoms with E-state index in [1.165, 1.54) is 21.0 Å². The van der Waals surface area contributed by atoms with Crippen LogP contribution in [-0.2, 0) is 35.3 Å². The second-order valence-electron chi connectivity index (χ2n) is 13.9. The van der Waals surface area contributed by atoms with Crippen LogP contribution in [-0.4, -0.2) is 54.3 Å². The lowest BCUT2D eigenvalue weighted by molar-refractivity contribution is -0.143. The lowest BCUT2D eigenvalue weighted by Crippen LogP contribution is -2.46. The van der Waals surface area contributed by atoms with Crippen molar-refractivity contribution in [3.8, 4) is 39.8 Å². The average Bonchev–Trinajstić information content (AvgIpc) is 3.75. The highest BCUT2D eigenvalue weighted by atomic mass is 35.5. The molecule has 1 aliphatic heterocycles. The van der Waals surface area contributed by atoms with Crippen molar-refractivity contribution >= 4 is 23.5 Å². The summed E-state index contributed by atoms with van der Waals surface area (Å²) in [6, 6.07) is 18.3. The molecule has 54 heavy (non-hydrogen) atoms. The molecule has 1 aromatic heterocycles. The number of methoxy groups -OCH3 is 2. The number of aromatic nitrogens is 1. The number of hydrogen-bond donors (Lipinski definition) is 4. The summed E-state index contributed by atoms with van der Waals surface area (Å²) in [5, 5.41) is 19.1. The Morgan fingerprint density at radius 2 is 1.69 bits per heavy atom. The zero-order valence-electron chi connectivity index (χ0n) is 30.3. The molecule has 2 atom stereocenters. The van der Waals surface area contributed by atoms with E-state index in [4.69, 9.17) is 25.8 Å². The van der Waals surface area contributed by atoms with Gasteiger partial charge in [0, 0.05) is 54.4 Å². The summed E-state index contributed by atoms with van der Waals surface area (Å²) in [5.74, 6) is -1.13. The number of ether oxygens (including phenoxy) is 3. The number of alkyl halides is 3. The van der Waals surface area contributed by atoms with Gasteiger partial charge in [-0.05, 0) is 67.5 Å². The minimum absolute atomic E-state index is 0.0367. The first-order chi connectivity index (χ1) is 25.7. The first-order valence-electron chi connectivity index (χ1n) is 17.6. The van der Waals surface area contributed by atoms with Crippen molar-refractivity contribution < 1.29 is 42.1 Å². The zero-order valence-corrected chi connectivity index (χ0v) is 31.1. The Balaban J connectivity index is 1.25. The van der Waals surface area contributed by atoms with E-state index in [9.17, 15) is 27.9 Å². The van der Waals surface area contributed by atoms with E-state index in [2.05, 4.69) is 20.9 Å². The first-order valence-corrected chi connectivity index (χ1v) is 18.0. The van der Waals surface area contributed by atoms with Crippen LogP contribution in [0.1, 0.15) is 67.0 Å². The average molecular weight is 767 g/mol. The minimum Gasteiger partial charge on any atom is -0.496 e. The van der Waals surface area contributed by atoms with Crippen molar-refractivity contribution in [2.75, 3.05) is 20.8 Å². The fourth-order valence-corrected chi connectivity index (χ4v) is 7.21. The van der Waals surface area contributed by atoms with Gasteiger partial charge in [-0.1, -0.05) is 60.1 Å².